The van der Waals surface area contributed by atoms with Crippen LogP contribution >= 0.6 is 0 Å². The van der Waals surface area contributed by atoms with Gasteiger partial charge in [0.05, 0.1) is 11.2 Å². The minimum absolute atomic E-state index is 0.118. The Kier molecular flexibility index (Phi) is 6.18. The van der Waals surface area contributed by atoms with E-state index in [1.807, 2.05) is 36.4 Å². The molecule has 0 fully saturated rings. The Balaban J connectivity index is 1.40. The number of para-hydroxylation sites is 1. The highest BCUT2D eigenvalue weighted by Gasteiger charge is 2.05. The average molecular weight is 410 g/mol. The zero-order chi connectivity index (χ0) is 21.6. The summed E-state index contributed by atoms with van der Waals surface area (Å²) < 4.78 is 0. The van der Waals surface area contributed by atoms with Gasteiger partial charge in [-0.1, -0.05) is 48.5 Å². The van der Waals surface area contributed by atoms with E-state index < -0.39 is 0 Å². The third kappa shape index (κ3) is 4.86. The Morgan fingerprint density at radius 3 is 2.42 bits per heavy atom. The quantitative estimate of drug-likeness (QED) is 0.327. The lowest BCUT2D eigenvalue weighted by Gasteiger charge is -2.13. The normalized spacial score (nSPS) is 11.5. The first-order valence-corrected chi connectivity index (χ1v) is 10.6. The van der Waals surface area contributed by atoms with E-state index in [4.69, 9.17) is 0 Å². The Morgan fingerprint density at radius 1 is 0.935 bits per heavy atom. The number of benzene rings is 3. The second-order valence-corrected chi connectivity index (χ2v) is 7.60. The van der Waals surface area contributed by atoms with E-state index in [1.54, 1.807) is 6.07 Å². The largest absolute Gasteiger partial charge is 0.385 e. The summed E-state index contributed by atoms with van der Waals surface area (Å²) in [6.07, 6.45) is 3.16. The number of aryl methyl sites for hydroxylation is 1. The summed E-state index contributed by atoms with van der Waals surface area (Å²) in [6.45, 7) is 5.11. The van der Waals surface area contributed by atoms with E-state index in [1.165, 1.54) is 16.7 Å². The first-order valence-electron chi connectivity index (χ1n) is 10.6. The third-order valence-electron chi connectivity index (χ3n) is 5.48. The molecule has 0 spiro atoms. The predicted molar refractivity (Wildman–Crippen MR) is 132 cm³/mol. The SMILES string of the molecule is C/C=C(/CCNc1ccc(Nc2cc(=O)[nH]c3ccccc23)cc1)c1ccccc1C. The fraction of sp³-hybridized carbons (Fsp3) is 0.148. The number of hydrogen-bond donors (Lipinski definition) is 3. The molecule has 0 saturated heterocycles. The van der Waals surface area contributed by atoms with Crippen molar-refractivity contribution in [3.05, 3.63) is 106 Å². The van der Waals surface area contributed by atoms with Crippen molar-refractivity contribution in [2.75, 3.05) is 17.2 Å². The Bertz CT molecular complexity index is 1270. The fourth-order valence-electron chi connectivity index (χ4n) is 3.84. The van der Waals surface area contributed by atoms with Crippen LogP contribution in [0.3, 0.4) is 0 Å². The molecule has 0 unspecified atom stereocenters. The molecule has 4 rings (SSSR count). The molecule has 0 aliphatic heterocycles. The highest BCUT2D eigenvalue weighted by Crippen LogP contribution is 2.25. The summed E-state index contributed by atoms with van der Waals surface area (Å²) in [5.74, 6) is 0. The number of nitrogens with one attached hydrogen (secondary N) is 3. The molecule has 0 aliphatic carbocycles. The van der Waals surface area contributed by atoms with E-state index in [2.05, 4.69) is 71.9 Å². The van der Waals surface area contributed by atoms with Gasteiger partial charge in [0.15, 0.2) is 0 Å². The molecule has 4 aromatic rings. The zero-order valence-electron chi connectivity index (χ0n) is 17.9. The molecule has 1 aromatic heterocycles. The van der Waals surface area contributed by atoms with E-state index in [0.29, 0.717) is 0 Å². The van der Waals surface area contributed by atoms with Crippen LogP contribution in [0.2, 0.25) is 0 Å². The van der Waals surface area contributed by atoms with Crippen LogP contribution in [0.1, 0.15) is 24.5 Å². The number of anilines is 3. The van der Waals surface area contributed by atoms with Gasteiger partial charge < -0.3 is 15.6 Å². The van der Waals surface area contributed by atoms with Crippen LogP contribution in [0.25, 0.3) is 16.5 Å². The predicted octanol–water partition coefficient (Wildman–Crippen LogP) is 6.49. The molecule has 0 saturated carbocycles. The van der Waals surface area contributed by atoms with Crippen LogP contribution in [-0.4, -0.2) is 11.5 Å². The molecule has 1 heterocycles. The molecular weight excluding hydrogens is 382 g/mol. The van der Waals surface area contributed by atoms with E-state index in [-0.39, 0.29) is 5.56 Å². The van der Waals surface area contributed by atoms with Crippen molar-refractivity contribution in [3.63, 3.8) is 0 Å². The van der Waals surface area contributed by atoms with Gasteiger partial charge >= 0.3 is 0 Å². The summed E-state index contributed by atoms with van der Waals surface area (Å²) in [6, 6.07) is 26.1. The highest BCUT2D eigenvalue weighted by atomic mass is 16.1. The van der Waals surface area contributed by atoms with Crippen LogP contribution in [0.15, 0.2) is 89.7 Å². The fourth-order valence-corrected chi connectivity index (χ4v) is 3.84. The van der Waals surface area contributed by atoms with Gasteiger partial charge in [0.1, 0.15) is 0 Å². The lowest BCUT2D eigenvalue weighted by molar-refractivity contribution is 1.08. The number of H-pyrrole nitrogens is 1. The molecule has 3 aromatic carbocycles. The Labute approximate surface area is 182 Å². The van der Waals surface area contributed by atoms with Crippen molar-refractivity contribution in [2.45, 2.75) is 20.3 Å². The first kappa shape index (κ1) is 20.5. The topological polar surface area (TPSA) is 56.9 Å². The number of allylic oxidation sites excluding steroid dienone is 1. The molecule has 0 amide bonds. The second-order valence-electron chi connectivity index (χ2n) is 7.60. The van der Waals surface area contributed by atoms with Gasteiger partial charge in [-0.25, -0.2) is 0 Å². The van der Waals surface area contributed by atoms with Crippen LogP contribution in [0.5, 0.6) is 0 Å². The molecule has 0 bridgehead atoms. The van der Waals surface area contributed by atoms with Gasteiger partial charge in [0, 0.05) is 29.4 Å². The minimum atomic E-state index is -0.118. The number of pyridine rings is 1. The van der Waals surface area contributed by atoms with Crippen LogP contribution in [-0.2, 0) is 0 Å². The van der Waals surface area contributed by atoms with Crippen molar-refractivity contribution in [1.29, 1.82) is 0 Å². The van der Waals surface area contributed by atoms with Gasteiger partial charge in [-0.05, 0) is 67.3 Å². The van der Waals surface area contributed by atoms with Crippen LogP contribution in [0.4, 0.5) is 17.1 Å². The summed E-state index contributed by atoms with van der Waals surface area (Å²) >= 11 is 0. The first-order chi connectivity index (χ1) is 15.1. The molecule has 4 heteroatoms. The van der Waals surface area contributed by atoms with Gasteiger partial charge in [-0.2, -0.15) is 0 Å². The number of aromatic nitrogens is 1. The van der Waals surface area contributed by atoms with Crippen LogP contribution < -0.4 is 16.2 Å². The van der Waals surface area contributed by atoms with Gasteiger partial charge in [0.25, 0.3) is 0 Å². The second kappa shape index (κ2) is 9.35. The molecule has 0 atom stereocenters. The average Bonchev–Trinajstić information content (AvgIpc) is 2.78. The maximum absolute atomic E-state index is 12.0. The maximum Gasteiger partial charge on any atom is 0.250 e. The number of rotatable bonds is 7. The van der Waals surface area contributed by atoms with Crippen molar-refractivity contribution in [3.8, 4) is 0 Å². The molecule has 0 radical (unpaired) electrons. The Morgan fingerprint density at radius 2 is 1.65 bits per heavy atom. The number of hydrogen-bond acceptors (Lipinski definition) is 3. The smallest absolute Gasteiger partial charge is 0.250 e. The van der Waals surface area contributed by atoms with Crippen molar-refractivity contribution >= 4 is 33.5 Å². The summed E-state index contributed by atoms with van der Waals surface area (Å²) in [7, 11) is 0. The van der Waals surface area contributed by atoms with Crippen molar-refractivity contribution in [1.82, 2.24) is 4.98 Å². The van der Waals surface area contributed by atoms with Crippen molar-refractivity contribution < 1.29 is 0 Å². The number of aromatic amines is 1. The lowest BCUT2D eigenvalue weighted by atomic mass is 9.98. The van der Waals surface area contributed by atoms with Crippen molar-refractivity contribution in [2.24, 2.45) is 0 Å². The maximum atomic E-state index is 12.0. The number of fused-ring (bicyclic) bond motifs is 1. The summed E-state index contributed by atoms with van der Waals surface area (Å²) in [4.78, 5) is 14.8. The molecule has 156 valence electrons. The summed E-state index contributed by atoms with van der Waals surface area (Å²) in [5, 5.41) is 7.86. The van der Waals surface area contributed by atoms with Gasteiger partial charge in [0.2, 0.25) is 5.56 Å². The van der Waals surface area contributed by atoms with Crippen LogP contribution in [0, 0.1) is 6.92 Å². The molecule has 0 aliphatic rings. The monoisotopic (exact) mass is 409 g/mol. The van der Waals surface area contributed by atoms with Gasteiger partial charge in [-0.3, -0.25) is 4.79 Å². The minimum Gasteiger partial charge on any atom is -0.385 e. The summed E-state index contributed by atoms with van der Waals surface area (Å²) in [5.41, 5.74) is 7.49. The Hall–Kier alpha value is -3.79. The highest BCUT2D eigenvalue weighted by molar-refractivity contribution is 5.92. The van der Waals surface area contributed by atoms with Gasteiger partial charge in [-0.15, -0.1) is 0 Å². The third-order valence-corrected chi connectivity index (χ3v) is 5.48. The molecular formula is C27H27N3O. The van der Waals surface area contributed by atoms with E-state index in [0.717, 1.165) is 40.9 Å². The molecule has 3 N–H and O–H groups in total. The lowest BCUT2D eigenvalue weighted by Crippen LogP contribution is -2.06. The molecule has 4 nitrogen and oxygen atoms in total. The molecule has 31 heavy (non-hydrogen) atoms. The standard InChI is InChI=1S/C27H27N3O/c1-3-20(23-9-5-4-8-19(23)2)16-17-28-21-12-14-22(15-13-21)29-26-18-27(31)30-25-11-7-6-10-24(25)26/h3-15,18,28H,16-17H2,1-2H3,(H2,29,30,31)/b20-3-. The van der Waals surface area contributed by atoms with E-state index in [9.17, 15) is 4.79 Å². The zero-order valence-corrected chi connectivity index (χ0v) is 17.9. The van der Waals surface area contributed by atoms with E-state index >= 15 is 0 Å².